The van der Waals surface area contributed by atoms with Crippen molar-refractivity contribution in [3.8, 4) is 56.7 Å². The third-order valence-electron chi connectivity index (χ3n) is 8.31. The molecule has 0 unspecified atom stereocenters. The van der Waals surface area contributed by atoms with Gasteiger partial charge in [0.2, 0.25) is 0 Å². The van der Waals surface area contributed by atoms with Crippen LogP contribution in [-0.2, 0) is 0 Å². The normalized spacial score (nSPS) is 11.4. The van der Waals surface area contributed by atoms with E-state index in [2.05, 4.69) is 79.5 Å². The van der Waals surface area contributed by atoms with Crippen LogP contribution in [0.3, 0.4) is 0 Å². The van der Waals surface area contributed by atoms with E-state index < -0.39 is 0 Å². The highest BCUT2D eigenvalue weighted by Gasteiger charge is 2.17. The molecule has 0 amide bonds. The average molecular weight is 607 g/mol. The molecular formula is C41H30N6. The Morgan fingerprint density at radius 1 is 0.447 bits per heavy atom. The molecule has 6 heteroatoms. The lowest BCUT2D eigenvalue weighted by Gasteiger charge is -2.15. The minimum Gasteiger partial charge on any atom is -0.253 e. The number of benzene rings is 4. The maximum atomic E-state index is 5.19. The van der Waals surface area contributed by atoms with Gasteiger partial charge >= 0.3 is 0 Å². The first-order chi connectivity index (χ1) is 23.1. The highest BCUT2D eigenvalue weighted by atomic mass is 15.0. The summed E-state index contributed by atoms with van der Waals surface area (Å²) in [4.78, 5) is 29.6. The molecule has 8 aromatic rings. The molecule has 0 saturated carbocycles. The van der Waals surface area contributed by atoms with Crippen molar-refractivity contribution in [3.05, 3.63) is 145 Å². The average Bonchev–Trinajstić information content (AvgIpc) is 3.15. The summed E-state index contributed by atoms with van der Waals surface area (Å²) in [6.45, 7) is 4.36. The molecule has 0 atom stereocenters. The predicted molar refractivity (Wildman–Crippen MR) is 189 cm³/mol. The van der Waals surface area contributed by atoms with Crippen LogP contribution in [0, 0.1) is 0 Å². The summed E-state index contributed by atoms with van der Waals surface area (Å²) >= 11 is 0. The summed E-state index contributed by atoms with van der Waals surface area (Å²) in [5.74, 6) is 1.95. The minimum atomic E-state index is 0.229. The van der Waals surface area contributed by atoms with E-state index in [9.17, 15) is 0 Å². The first kappa shape index (κ1) is 28.3. The molecule has 224 valence electrons. The summed E-state index contributed by atoms with van der Waals surface area (Å²) in [6.07, 6.45) is 1.75. The van der Waals surface area contributed by atoms with Gasteiger partial charge in [-0.15, -0.1) is 0 Å². The van der Waals surface area contributed by atoms with Gasteiger partial charge in [0.15, 0.2) is 17.5 Å². The Bertz CT molecular complexity index is 2320. The molecule has 8 rings (SSSR count). The van der Waals surface area contributed by atoms with Crippen molar-refractivity contribution < 1.29 is 0 Å². The molecule has 0 bridgehead atoms. The Balaban J connectivity index is 1.31. The van der Waals surface area contributed by atoms with Gasteiger partial charge in [-0.3, -0.25) is 9.97 Å². The van der Waals surface area contributed by atoms with Crippen molar-refractivity contribution in [2.45, 2.75) is 19.8 Å². The number of hydrogen-bond donors (Lipinski definition) is 0. The first-order valence-electron chi connectivity index (χ1n) is 15.7. The maximum Gasteiger partial charge on any atom is 0.182 e. The van der Waals surface area contributed by atoms with Crippen LogP contribution < -0.4 is 0 Å². The van der Waals surface area contributed by atoms with E-state index in [-0.39, 0.29) is 5.92 Å². The van der Waals surface area contributed by atoms with E-state index in [1.165, 1.54) is 0 Å². The molecule has 6 nitrogen and oxygen atoms in total. The standard InChI is InChI=1S/C41H30N6/c1-26(2)36-25-33(32-21-19-28-20-22-34(27-12-5-3-6-13-27)43-37(28)38(32)44-36)30-16-11-17-31(24-30)40-45-39(29-14-7-4-8-15-29)46-41(47-40)35-18-9-10-23-42-35/h3-26H,1-2H3. The lowest BCUT2D eigenvalue weighted by Crippen LogP contribution is -2.01. The van der Waals surface area contributed by atoms with Crippen LogP contribution in [0.1, 0.15) is 25.5 Å². The highest BCUT2D eigenvalue weighted by Crippen LogP contribution is 2.36. The van der Waals surface area contributed by atoms with Gasteiger partial charge in [-0.2, -0.15) is 0 Å². The van der Waals surface area contributed by atoms with Crippen LogP contribution in [0.25, 0.3) is 78.5 Å². The lowest BCUT2D eigenvalue weighted by molar-refractivity contribution is 0.831. The van der Waals surface area contributed by atoms with E-state index >= 15 is 0 Å². The van der Waals surface area contributed by atoms with Gasteiger partial charge < -0.3 is 0 Å². The fraction of sp³-hybridized carbons (Fsp3) is 0.0732. The number of fused-ring (bicyclic) bond motifs is 3. The van der Waals surface area contributed by atoms with Gasteiger partial charge in [-0.1, -0.05) is 117 Å². The molecule has 0 saturated heterocycles. The summed E-state index contributed by atoms with van der Waals surface area (Å²) in [6, 6.07) is 45.1. The largest absolute Gasteiger partial charge is 0.253 e. The Morgan fingerprint density at radius 2 is 1.11 bits per heavy atom. The molecule has 47 heavy (non-hydrogen) atoms. The Kier molecular flexibility index (Phi) is 7.23. The zero-order valence-corrected chi connectivity index (χ0v) is 26.0. The van der Waals surface area contributed by atoms with Crippen LogP contribution in [0.4, 0.5) is 0 Å². The maximum absolute atomic E-state index is 5.19. The zero-order valence-electron chi connectivity index (χ0n) is 26.0. The lowest BCUT2D eigenvalue weighted by atomic mass is 9.95. The number of aromatic nitrogens is 6. The Hall–Kier alpha value is -6.14. The van der Waals surface area contributed by atoms with Crippen LogP contribution >= 0.6 is 0 Å². The molecule has 0 aliphatic rings. The quantitative estimate of drug-likeness (QED) is 0.175. The second-order valence-electron chi connectivity index (χ2n) is 11.8. The summed E-state index contributed by atoms with van der Waals surface area (Å²) in [5, 5.41) is 2.11. The fourth-order valence-electron chi connectivity index (χ4n) is 5.85. The molecule has 0 spiro atoms. The Labute approximate surface area is 272 Å². The second kappa shape index (κ2) is 12.0. The highest BCUT2D eigenvalue weighted by molar-refractivity contribution is 6.09. The second-order valence-corrected chi connectivity index (χ2v) is 11.8. The Morgan fingerprint density at radius 3 is 1.85 bits per heavy atom. The molecule has 4 heterocycles. The summed E-state index contributed by atoms with van der Waals surface area (Å²) < 4.78 is 0. The summed E-state index contributed by atoms with van der Waals surface area (Å²) in [5.41, 5.74) is 9.47. The third kappa shape index (κ3) is 5.51. The molecule has 0 aliphatic carbocycles. The molecule has 0 radical (unpaired) electrons. The smallest absolute Gasteiger partial charge is 0.182 e. The molecule has 0 N–H and O–H groups in total. The fourth-order valence-corrected chi connectivity index (χ4v) is 5.85. The van der Waals surface area contributed by atoms with Crippen LogP contribution in [-0.4, -0.2) is 29.9 Å². The molecule has 0 fully saturated rings. The van der Waals surface area contributed by atoms with Crippen molar-refractivity contribution in [1.82, 2.24) is 29.9 Å². The third-order valence-corrected chi connectivity index (χ3v) is 8.31. The van der Waals surface area contributed by atoms with Crippen molar-refractivity contribution in [3.63, 3.8) is 0 Å². The molecular weight excluding hydrogens is 576 g/mol. The van der Waals surface area contributed by atoms with E-state index in [1.54, 1.807) is 6.20 Å². The molecule has 4 aromatic carbocycles. The number of nitrogens with zero attached hydrogens (tertiary/aromatic N) is 6. The van der Waals surface area contributed by atoms with Gasteiger partial charge in [0, 0.05) is 39.4 Å². The van der Waals surface area contributed by atoms with E-state index in [4.69, 9.17) is 24.9 Å². The van der Waals surface area contributed by atoms with Gasteiger partial charge in [-0.25, -0.2) is 19.9 Å². The van der Waals surface area contributed by atoms with Gasteiger partial charge in [0.05, 0.1) is 16.7 Å². The minimum absolute atomic E-state index is 0.229. The van der Waals surface area contributed by atoms with Crippen LogP contribution in [0.2, 0.25) is 0 Å². The van der Waals surface area contributed by atoms with Crippen molar-refractivity contribution >= 4 is 21.8 Å². The molecule has 4 aromatic heterocycles. The zero-order chi connectivity index (χ0) is 31.7. The first-order valence-corrected chi connectivity index (χ1v) is 15.7. The number of pyridine rings is 3. The molecule has 0 aliphatic heterocycles. The monoisotopic (exact) mass is 606 g/mol. The van der Waals surface area contributed by atoms with Crippen LogP contribution in [0.5, 0.6) is 0 Å². The van der Waals surface area contributed by atoms with Crippen molar-refractivity contribution in [2.24, 2.45) is 0 Å². The van der Waals surface area contributed by atoms with Gasteiger partial charge in [0.25, 0.3) is 0 Å². The number of hydrogen-bond acceptors (Lipinski definition) is 6. The summed E-state index contributed by atoms with van der Waals surface area (Å²) in [7, 11) is 0. The topological polar surface area (TPSA) is 77.3 Å². The predicted octanol–water partition coefficient (Wildman–Crippen LogP) is 9.82. The van der Waals surface area contributed by atoms with Gasteiger partial charge in [0.1, 0.15) is 5.69 Å². The van der Waals surface area contributed by atoms with Gasteiger partial charge in [-0.05, 0) is 47.4 Å². The SMILES string of the molecule is CC(C)c1cc(-c2cccc(-c3nc(-c4ccccc4)nc(-c4ccccn4)n3)c2)c2ccc3ccc(-c4ccccc4)nc3c2n1. The van der Waals surface area contributed by atoms with E-state index in [0.717, 1.165) is 61.0 Å². The van der Waals surface area contributed by atoms with E-state index in [0.29, 0.717) is 23.2 Å². The van der Waals surface area contributed by atoms with Crippen molar-refractivity contribution in [2.75, 3.05) is 0 Å². The number of rotatable bonds is 6. The van der Waals surface area contributed by atoms with Crippen molar-refractivity contribution in [1.29, 1.82) is 0 Å². The van der Waals surface area contributed by atoms with Crippen LogP contribution in [0.15, 0.2) is 140 Å². The van der Waals surface area contributed by atoms with E-state index in [1.807, 2.05) is 72.8 Å².